The summed E-state index contributed by atoms with van der Waals surface area (Å²) in [5, 5.41) is 48.9. The van der Waals surface area contributed by atoms with Crippen LogP contribution in [0.5, 0.6) is 11.5 Å². The summed E-state index contributed by atoms with van der Waals surface area (Å²) in [7, 11) is 3.28. The smallest absolute Gasteiger partial charge is 0.511 e. The number of phenolic OH excluding ortho intramolecular Hbond substituents is 1. The number of nitrogens with two attached hydrogens (primary N) is 1. The number of primary amides is 1. The lowest BCUT2D eigenvalue weighted by Crippen LogP contribution is -2.57. The summed E-state index contributed by atoms with van der Waals surface area (Å²) >= 11 is 0. The third kappa shape index (κ3) is 5.26. The third-order valence-corrected chi connectivity index (χ3v) is 8.11. The molecule has 0 fully saturated rings. The van der Waals surface area contributed by atoms with Gasteiger partial charge in [-0.1, -0.05) is 0 Å². The van der Waals surface area contributed by atoms with E-state index in [1.165, 1.54) is 6.07 Å². The van der Waals surface area contributed by atoms with Gasteiger partial charge in [-0.2, -0.15) is 0 Å². The second-order valence-electron chi connectivity index (χ2n) is 11.1. The Hall–Kier alpha value is -5.25. The zero-order chi connectivity index (χ0) is 33.2. The van der Waals surface area contributed by atoms with E-state index in [1.807, 2.05) is 0 Å². The molecule has 5 rings (SSSR count). The van der Waals surface area contributed by atoms with Crippen molar-refractivity contribution in [2.45, 2.75) is 31.2 Å². The van der Waals surface area contributed by atoms with Crippen molar-refractivity contribution >= 4 is 40.6 Å². The maximum absolute atomic E-state index is 13.9. The predicted octanol–water partition coefficient (Wildman–Crippen LogP) is 3.19. The Morgan fingerprint density at radius 1 is 1.07 bits per heavy atom. The van der Waals surface area contributed by atoms with E-state index in [1.54, 1.807) is 19.0 Å². The van der Waals surface area contributed by atoms with E-state index in [9.17, 15) is 52.8 Å². The number of aliphatic hydroxyl groups excluding tert-OH is 2. The molecule has 3 aliphatic carbocycles. The van der Waals surface area contributed by atoms with Gasteiger partial charge in [0, 0.05) is 43.4 Å². The molecule has 0 saturated carbocycles. The number of anilines is 3. The number of alkyl halides is 3. The zero-order valence-corrected chi connectivity index (χ0v) is 23.7. The van der Waals surface area contributed by atoms with Gasteiger partial charge in [0.2, 0.25) is 5.78 Å². The highest BCUT2D eigenvalue weighted by Crippen LogP contribution is 2.53. The number of allylic oxidation sites excluding steroid dienone is 2. The van der Waals surface area contributed by atoms with Gasteiger partial charge >= 0.3 is 12.4 Å². The molecule has 2 unspecified atom stereocenters. The molecular weight excluding hydrogens is 605 g/mol. The number of carbonyl (C=O) groups is 4. The Bertz CT molecular complexity index is 1720. The fourth-order valence-corrected chi connectivity index (χ4v) is 6.19. The van der Waals surface area contributed by atoms with Crippen LogP contribution in [0.1, 0.15) is 28.8 Å². The first-order valence-electron chi connectivity index (χ1n) is 13.4. The Labute approximate surface area is 252 Å². The molecule has 3 aliphatic rings. The number of amides is 3. The van der Waals surface area contributed by atoms with E-state index in [4.69, 9.17) is 5.73 Å². The number of hydrogen-bond acceptors (Lipinski definition) is 10. The van der Waals surface area contributed by atoms with E-state index in [-0.39, 0.29) is 41.8 Å². The standard InChI is InChI=1S/C29H27F3N4O9/c1-36(2)17-10-16(35-27(43)34-13-3-5-14(6-4-13)45-29(30,31)32)22(38)20-15(17)8-11-7-12-9-18(37)21(26(33)42)25(41)28(12,44)24(40)19(11)23(20)39/h3-6,10-12,37-38,40,44H,7-9H2,1-2H3,(H2,33,42)(H2,34,35,43)/t11?,12?,28-/m0/s1. The number of fused-ring (bicyclic) bond motifs is 3. The predicted molar refractivity (Wildman–Crippen MR) is 151 cm³/mol. The van der Waals surface area contributed by atoms with Crippen molar-refractivity contribution in [3.63, 3.8) is 0 Å². The summed E-state index contributed by atoms with van der Waals surface area (Å²) in [4.78, 5) is 53.3. The Morgan fingerprint density at radius 3 is 2.29 bits per heavy atom. The van der Waals surface area contributed by atoms with Gasteiger partial charge in [0.05, 0.1) is 11.3 Å². The molecule has 8 N–H and O–H groups in total. The molecule has 0 spiro atoms. The van der Waals surface area contributed by atoms with Crippen molar-refractivity contribution < 1.29 is 57.5 Å². The molecule has 16 heteroatoms. The maximum atomic E-state index is 13.9. The summed E-state index contributed by atoms with van der Waals surface area (Å²) < 4.78 is 41.1. The van der Waals surface area contributed by atoms with Crippen LogP contribution in [0.2, 0.25) is 0 Å². The molecule has 0 radical (unpaired) electrons. The zero-order valence-electron chi connectivity index (χ0n) is 23.7. The first-order valence-corrected chi connectivity index (χ1v) is 13.4. The van der Waals surface area contributed by atoms with Crippen molar-refractivity contribution in [2.24, 2.45) is 17.6 Å². The molecule has 0 aromatic heterocycles. The summed E-state index contributed by atoms with van der Waals surface area (Å²) in [5.74, 6) is -8.32. The van der Waals surface area contributed by atoms with Crippen molar-refractivity contribution in [3.05, 3.63) is 64.1 Å². The minimum absolute atomic E-state index is 0.0498. The van der Waals surface area contributed by atoms with Crippen molar-refractivity contribution in [1.82, 2.24) is 0 Å². The largest absolute Gasteiger partial charge is 0.573 e. The van der Waals surface area contributed by atoms with Crippen LogP contribution in [0, 0.1) is 11.8 Å². The van der Waals surface area contributed by atoms with Crippen molar-refractivity contribution in [1.29, 1.82) is 0 Å². The van der Waals surface area contributed by atoms with Gasteiger partial charge in [-0.05, 0) is 54.7 Å². The highest BCUT2D eigenvalue weighted by Gasteiger charge is 2.59. The van der Waals surface area contributed by atoms with Gasteiger partial charge in [0.1, 0.15) is 22.8 Å². The number of Topliss-reactive ketones (excluding diaryl/α,β-unsaturated/α-hetero) is 2. The molecule has 0 heterocycles. The fraction of sp³-hybridized carbons (Fsp3) is 0.310. The number of urea groups is 1. The second kappa shape index (κ2) is 10.7. The maximum Gasteiger partial charge on any atom is 0.573 e. The molecular formula is C29H27F3N4O9. The SMILES string of the molecule is CN(C)c1cc(NC(=O)Nc2ccc(OC(F)(F)F)cc2)c(O)c2c1CC1CC3CC(O)=C(C(N)=O)C(=O)[C@@]3(O)C(O)=C1C2=O. The van der Waals surface area contributed by atoms with Crippen LogP contribution in [0.3, 0.4) is 0 Å². The molecule has 0 bridgehead atoms. The monoisotopic (exact) mass is 632 g/mol. The normalized spacial score (nSPS) is 22.7. The quantitative estimate of drug-likeness (QED) is 0.189. The number of hydrogen-bond donors (Lipinski definition) is 7. The molecule has 0 aliphatic heterocycles. The number of benzene rings is 2. The summed E-state index contributed by atoms with van der Waals surface area (Å²) in [5.41, 5.74) is 1.48. The van der Waals surface area contributed by atoms with E-state index >= 15 is 0 Å². The van der Waals surface area contributed by atoms with Gasteiger partial charge in [-0.15, -0.1) is 13.2 Å². The molecule has 3 atom stereocenters. The number of phenols is 1. The van der Waals surface area contributed by atoms with Crippen LogP contribution < -0.4 is 26.0 Å². The number of rotatable bonds is 5. The van der Waals surface area contributed by atoms with Crippen molar-refractivity contribution in [2.75, 3.05) is 29.6 Å². The number of aliphatic hydroxyl groups is 3. The van der Waals surface area contributed by atoms with Crippen LogP contribution in [-0.2, 0) is 16.0 Å². The lowest BCUT2D eigenvalue weighted by molar-refractivity contribution is -0.274. The van der Waals surface area contributed by atoms with Gasteiger partial charge in [-0.3, -0.25) is 14.4 Å². The van der Waals surface area contributed by atoms with Gasteiger partial charge in [0.25, 0.3) is 5.91 Å². The third-order valence-electron chi connectivity index (χ3n) is 8.11. The summed E-state index contributed by atoms with van der Waals surface area (Å²) in [6.07, 6.45) is -5.27. The molecule has 2 aromatic rings. The Morgan fingerprint density at radius 2 is 1.71 bits per heavy atom. The van der Waals surface area contributed by atoms with E-state index < -0.39 is 75.9 Å². The highest BCUT2D eigenvalue weighted by molar-refractivity contribution is 6.24. The van der Waals surface area contributed by atoms with Crippen LogP contribution >= 0.6 is 0 Å². The van der Waals surface area contributed by atoms with E-state index in [2.05, 4.69) is 15.4 Å². The Kier molecular flexibility index (Phi) is 7.43. The molecule has 2 aromatic carbocycles. The number of nitrogens with one attached hydrogen (secondary N) is 2. The average Bonchev–Trinajstić information content (AvgIpc) is 2.92. The molecule has 45 heavy (non-hydrogen) atoms. The van der Waals surface area contributed by atoms with Crippen molar-refractivity contribution in [3.8, 4) is 11.5 Å². The molecule has 0 saturated heterocycles. The minimum atomic E-state index is -4.90. The number of aromatic hydroxyl groups is 1. The minimum Gasteiger partial charge on any atom is -0.511 e. The lowest BCUT2D eigenvalue weighted by atomic mass is 9.60. The first kappa shape index (κ1) is 31.2. The second-order valence-corrected chi connectivity index (χ2v) is 11.1. The number of ketones is 2. The number of ether oxygens (including phenoxy) is 1. The Balaban J connectivity index is 1.50. The van der Waals surface area contributed by atoms with E-state index in [0.717, 1.165) is 24.3 Å². The van der Waals surface area contributed by atoms with Crippen LogP contribution in [0.25, 0.3) is 0 Å². The van der Waals surface area contributed by atoms with Crippen LogP contribution in [-0.4, -0.2) is 70.0 Å². The first-order chi connectivity index (χ1) is 20.9. The molecule has 13 nitrogen and oxygen atoms in total. The summed E-state index contributed by atoms with van der Waals surface area (Å²) in [6, 6.07) is 4.70. The highest BCUT2D eigenvalue weighted by atomic mass is 19.4. The van der Waals surface area contributed by atoms with Crippen LogP contribution in [0.15, 0.2) is 53.0 Å². The lowest BCUT2D eigenvalue weighted by Gasteiger charge is -2.45. The molecule has 3 amide bonds. The van der Waals surface area contributed by atoms with Gasteiger partial charge in [-0.25, -0.2) is 4.79 Å². The van der Waals surface area contributed by atoms with E-state index in [0.29, 0.717) is 11.3 Å². The summed E-state index contributed by atoms with van der Waals surface area (Å²) in [6.45, 7) is 0. The number of carbonyl (C=O) groups excluding carboxylic acids is 4. The number of nitrogens with zero attached hydrogens (tertiary/aromatic N) is 1. The van der Waals surface area contributed by atoms with Crippen LogP contribution in [0.4, 0.5) is 35.0 Å². The number of halogens is 3. The molecule has 238 valence electrons. The van der Waals surface area contributed by atoms with Gasteiger partial charge in [0.15, 0.2) is 17.1 Å². The topological polar surface area (TPSA) is 212 Å². The average molecular weight is 633 g/mol. The van der Waals surface area contributed by atoms with Gasteiger partial charge < -0.3 is 46.4 Å². The fourth-order valence-electron chi connectivity index (χ4n) is 6.19.